The largest absolute Gasteiger partial charge is 0.480 e. The highest BCUT2D eigenvalue weighted by Gasteiger charge is 2.23. The number of nitrogens with one attached hydrogen (secondary N) is 2. The standard InChI is InChI=1S/C20H20N4O6/c21-16(10-13-11-22-17-4-2-1-3-15(13)17)20(27)30-14-7-5-12(6-8-14)9-18(19(25)26)23-24(28)29/h1-8,11,16,18,22-23H,9-10,21H2,(H,25,26)/t16-,18-/m0/s1. The molecule has 0 amide bonds. The molecule has 3 rings (SSSR count). The molecule has 0 saturated carbocycles. The van der Waals surface area contributed by atoms with Crippen LogP contribution in [-0.4, -0.2) is 39.1 Å². The van der Waals surface area contributed by atoms with Crippen LogP contribution in [0.3, 0.4) is 0 Å². The van der Waals surface area contributed by atoms with E-state index in [4.69, 9.17) is 15.6 Å². The number of aromatic nitrogens is 1. The first-order valence-corrected chi connectivity index (χ1v) is 9.08. The Bertz CT molecular complexity index is 1060. The van der Waals surface area contributed by atoms with Gasteiger partial charge in [0.15, 0.2) is 11.1 Å². The molecule has 5 N–H and O–H groups in total. The molecule has 0 aliphatic heterocycles. The smallest absolute Gasteiger partial charge is 0.332 e. The monoisotopic (exact) mass is 412 g/mol. The van der Waals surface area contributed by atoms with Crippen molar-refractivity contribution in [3.8, 4) is 5.75 Å². The minimum atomic E-state index is -1.38. The summed E-state index contributed by atoms with van der Waals surface area (Å²) in [5.74, 6) is -1.70. The van der Waals surface area contributed by atoms with E-state index < -0.39 is 29.1 Å². The number of nitro groups is 1. The molecule has 0 bridgehead atoms. The summed E-state index contributed by atoms with van der Waals surface area (Å²) < 4.78 is 5.29. The second kappa shape index (κ2) is 9.05. The third-order valence-corrected chi connectivity index (χ3v) is 4.56. The zero-order valence-corrected chi connectivity index (χ0v) is 15.8. The minimum absolute atomic E-state index is 0.107. The van der Waals surface area contributed by atoms with Gasteiger partial charge in [-0.3, -0.25) is 0 Å². The van der Waals surface area contributed by atoms with Crippen molar-refractivity contribution >= 4 is 22.8 Å². The number of nitrogens with two attached hydrogens (primary N) is 1. The van der Waals surface area contributed by atoms with Gasteiger partial charge in [-0.05, 0) is 29.3 Å². The van der Waals surface area contributed by atoms with Gasteiger partial charge in [0.2, 0.25) is 0 Å². The third kappa shape index (κ3) is 5.11. The maximum absolute atomic E-state index is 12.3. The third-order valence-electron chi connectivity index (χ3n) is 4.56. The molecule has 0 aliphatic carbocycles. The number of fused-ring (bicyclic) bond motifs is 1. The number of ether oxygens (including phenoxy) is 1. The molecular formula is C20H20N4O6. The van der Waals surface area contributed by atoms with E-state index >= 15 is 0 Å². The summed E-state index contributed by atoms with van der Waals surface area (Å²) in [5, 5.41) is 19.6. The number of nitrogens with zero attached hydrogens (tertiary/aromatic N) is 1. The molecule has 1 heterocycles. The average molecular weight is 412 g/mol. The Morgan fingerprint density at radius 2 is 1.87 bits per heavy atom. The molecule has 0 aliphatic rings. The molecule has 0 spiro atoms. The molecule has 30 heavy (non-hydrogen) atoms. The first kappa shape index (κ1) is 20.8. The minimum Gasteiger partial charge on any atom is -0.480 e. The molecule has 156 valence electrons. The van der Waals surface area contributed by atoms with Gasteiger partial charge in [-0.2, -0.15) is 0 Å². The second-order valence-electron chi connectivity index (χ2n) is 6.72. The number of H-pyrrole nitrogens is 1. The number of carboxylic acid groups (broad SMARTS) is 1. The van der Waals surface area contributed by atoms with Crippen molar-refractivity contribution < 1.29 is 24.5 Å². The fraction of sp³-hybridized carbons (Fsp3) is 0.200. The van der Waals surface area contributed by atoms with Crippen LogP contribution in [0.5, 0.6) is 5.75 Å². The van der Waals surface area contributed by atoms with E-state index in [0.29, 0.717) is 12.0 Å². The van der Waals surface area contributed by atoms with Crippen molar-refractivity contribution in [3.63, 3.8) is 0 Å². The summed E-state index contributed by atoms with van der Waals surface area (Å²) >= 11 is 0. The van der Waals surface area contributed by atoms with Crippen LogP contribution in [0.25, 0.3) is 10.9 Å². The summed E-state index contributed by atoms with van der Waals surface area (Å²) in [6.07, 6.45) is 2.00. The SMILES string of the molecule is N[C@@H](Cc1c[nH]c2ccccc12)C(=O)Oc1ccc(C[C@H](N[N+](=O)[O-])C(=O)O)cc1. The Morgan fingerprint density at radius 1 is 1.17 bits per heavy atom. The number of aromatic amines is 1. The molecule has 10 heteroatoms. The van der Waals surface area contributed by atoms with Gasteiger partial charge in [-0.25, -0.2) is 19.7 Å². The van der Waals surface area contributed by atoms with Crippen LogP contribution in [0.4, 0.5) is 0 Å². The summed E-state index contributed by atoms with van der Waals surface area (Å²) in [5.41, 5.74) is 10.1. The Morgan fingerprint density at radius 3 is 2.53 bits per heavy atom. The van der Waals surface area contributed by atoms with Crippen molar-refractivity contribution in [1.29, 1.82) is 0 Å². The summed E-state index contributed by atoms with van der Waals surface area (Å²) in [6, 6.07) is 11.5. The molecule has 0 saturated heterocycles. The van der Waals surface area contributed by atoms with Gasteiger partial charge in [0, 0.05) is 29.9 Å². The molecule has 0 fully saturated rings. The first-order valence-electron chi connectivity index (χ1n) is 9.08. The van der Waals surface area contributed by atoms with E-state index in [0.717, 1.165) is 16.5 Å². The molecule has 2 atom stereocenters. The summed E-state index contributed by atoms with van der Waals surface area (Å²) in [7, 11) is 0. The number of carbonyl (C=O) groups excluding carboxylic acids is 1. The van der Waals surface area contributed by atoms with Crippen LogP contribution in [0.2, 0.25) is 0 Å². The lowest BCUT2D eigenvalue weighted by molar-refractivity contribution is -0.548. The molecule has 0 unspecified atom stereocenters. The van der Waals surface area contributed by atoms with Gasteiger partial charge in [-0.15, -0.1) is 5.43 Å². The average Bonchev–Trinajstić information content (AvgIpc) is 3.11. The zero-order chi connectivity index (χ0) is 21.7. The van der Waals surface area contributed by atoms with E-state index in [9.17, 15) is 19.7 Å². The highest BCUT2D eigenvalue weighted by Crippen LogP contribution is 2.20. The Balaban J connectivity index is 1.59. The number of rotatable bonds is 9. The van der Waals surface area contributed by atoms with Gasteiger partial charge in [0.05, 0.1) is 0 Å². The number of hydrazine groups is 1. The molecule has 2 aromatic carbocycles. The van der Waals surface area contributed by atoms with Gasteiger partial charge in [-0.1, -0.05) is 30.3 Å². The number of carbonyl (C=O) groups is 2. The first-order chi connectivity index (χ1) is 14.3. The van der Waals surface area contributed by atoms with Gasteiger partial charge >= 0.3 is 11.9 Å². The molecule has 0 radical (unpaired) electrons. The zero-order valence-electron chi connectivity index (χ0n) is 15.8. The summed E-state index contributed by atoms with van der Waals surface area (Å²) in [6.45, 7) is 0. The van der Waals surface area contributed by atoms with E-state index in [1.54, 1.807) is 5.43 Å². The van der Waals surface area contributed by atoms with Crippen molar-refractivity contribution in [2.45, 2.75) is 24.9 Å². The topological polar surface area (TPSA) is 161 Å². The number of aliphatic carboxylic acids is 1. The van der Waals surface area contributed by atoms with Crippen molar-refractivity contribution in [2.24, 2.45) is 5.73 Å². The molecule has 1 aromatic heterocycles. The Kier molecular flexibility index (Phi) is 6.28. The lowest BCUT2D eigenvalue weighted by atomic mass is 10.1. The fourth-order valence-electron chi connectivity index (χ4n) is 3.06. The van der Waals surface area contributed by atoms with Crippen LogP contribution in [0.15, 0.2) is 54.7 Å². The number of hydrogen-bond acceptors (Lipinski definition) is 6. The van der Waals surface area contributed by atoms with Crippen LogP contribution >= 0.6 is 0 Å². The van der Waals surface area contributed by atoms with E-state index in [2.05, 4.69) is 4.98 Å². The number of benzene rings is 2. The number of hydrogen-bond donors (Lipinski definition) is 4. The predicted octanol–water partition coefficient (Wildman–Crippen LogP) is 1.42. The fourth-order valence-corrected chi connectivity index (χ4v) is 3.06. The normalized spacial score (nSPS) is 12.8. The predicted molar refractivity (Wildman–Crippen MR) is 107 cm³/mol. The van der Waals surface area contributed by atoms with Gasteiger partial charge in [0.25, 0.3) is 0 Å². The Labute approximate surface area is 170 Å². The van der Waals surface area contributed by atoms with Crippen molar-refractivity contribution in [3.05, 3.63) is 76.0 Å². The van der Waals surface area contributed by atoms with E-state index in [1.165, 1.54) is 24.3 Å². The number of carboxylic acids is 1. The van der Waals surface area contributed by atoms with Crippen LogP contribution < -0.4 is 15.9 Å². The van der Waals surface area contributed by atoms with E-state index in [1.807, 2.05) is 30.5 Å². The van der Waals surface area contributed by atoms with Gasteiger partial charge < -0.3 is 20.6 Å². The lowest BCUT2D eigenvalue weighted by Gasteiger charge is -2.12. The molecule has 10 nitrogen and oxygen atoms in total. The highest BCUT2D eigenvalue weighted by atomic mass is 16.7. The molecular weight excluding hydrogens is 392 g/mol. The molecule has 3 aromatic rings. The number of esters is 1. The Hall–Kier alpha value is -3.92. The van der Waals surface area contributed by atoms with Crippen LogP contribution in [0, 0.1) is 10.1 Å². The second-order valence-corrected chi connectivity index (χ2v) is 6.72. The van der Waals surface area contributed by atoms with Gasteiger partial charge in [0.1, 0.15) is 11.8 Å². The van der Waals surface area contributed by atoms with Crippen molar-refractivity contribution in [1.82, 2.24) is 10.4 Å². The van der Waals surface area contributed by atoms with E-state index in [-0.39, 0.29) is 12.2 Å². The maximum atomic E-state index is 12.3. The quantitative estimate of drug-likeness (QED) is 0.178. The lowest BCUT2D eigenvalue weighted by Crippen LogP contribution is -2.41. The summed E-state index contributed by atoms with van der Waals surface area (Å²) in [4.78, 5) is 37.0. The van der Waals surface area contributed by atoms with Crippen LogP contribution in [0.1, 0.15) is 11.1 Å². The highest BCUT2D eigenvalue weighted by molar-refractivity contribution is 5.85. The van der Waals surface area contributed by atoms with Crippen LogP contribution in [-0.2, 0) is 22.4 Å². The van der Waals surface area contributed by atoms with Crippen molar-refractivity contribution in [2.75, 3.05) is 0 Å². The number of para-hydroxylation sites is 1. The maximum Gasteiger partial charge on any atom is 0.332 e.